The zero-order valence-electron chi connectivity index (χ0n) is 14.5. The van der Waals surface area contributed by atoms with Crippen LogP contribution >= 0.6 is 11.3 Å². The largest absolute Gasteiger partial charge is 0.308 e. The van der Waals surface area contributed by atoms with Crippen molar-refractivity contribution < 1.29 is 8.42 Å². The van der Waals surface area contributed by atoms with Gasteiger partial charge in [0.25, 0.3) is 5.56 Å². The Hall–Kier alpha value is -1.55. The normalized spacial score (nSPS) is 25.8. The highest BCUT2D eigenvalue weighted by atomic mass is 32.2. The second-order valence-corrected chi connectivity index (χ2v) is 9.77. The van der Waals surface area contributed by atoms with Gasteiger partial charge in [-0.05, 0) is 18.4 Å². The van der Waals surface area contributed by atoms with Gasteiger partial charge < -0.3 is 4.57 Å². The van der Waals surface area contributed by atoms with Crippen molar-refractivity contribution in [3.8, 4) is 0 Å². The zero-order chi connectivity index (χ0) is 18.3. The van der Waals surface area contributed by atoms with E-state index < -0.39 is 10.0 Å². The highest BCUT2D eigenvalue weighted by Gasteiger charge is 2.40. The highest BCUT2D eigenvalue weighted by molar-refractivity contribution is 7.88. The molecule has 0 amide bonds. The second kappa shape index (κ2) is 6.88. The lowest BCUT2D eigenvalue weighted by molar-refractivity contribution is 0.0862. The van der Waals surface area contributed by atoms with Crippen LogP contribution in [0.2, 0.25) is 0 Å². The van der Waals surface area contributed by atoms with Crippen molar-refractivity contribution >= 4 is 21.4 Å². The van der Waals surface area contributed by atoms with Crippen molar-refractivity contribution in [3.63, 3.8) is 0 Å². The SMILES string of the molecule is CS(=O)(=O)NC[C@H]1[C@H]2C[C@H](CN(Cc3cscn3)C2)c2cccc(=O)n21. The zero-order valence-corrected chi connectivity index (χ0v) is 16.2. The summed E-state index contributed by atoms with van der Waals surface area (Å²) in [5.41, 5.74) is 3.86. The number of thiazole rings is 1. The first-order valence-corrected chi connectivity index (χ1v) is 11.5. The van der Waals surface area contributed by atoms with Crippen LogP contribution in [0.15, 0.2) is 33.9 Å². The van der Waals surface area contributed by atoms with Gasteiger partial charge in [-0.2, -0.15) is 0 Å². The Balaban J connectivity index is 1.65. The first-order valence-electron chi connectivity index (χ1n) is 8.66. The summed E-state index contributed by atoms with van der Waals surface area (Å²) >= 11 is 1.59. The van der Waals surface area contributed by atoms with E-state index in [9.17, 15) is 13.2 Å². The van der Waals surface area contributed by atoms with E-state index in [2.05, 4.69) is 20.0 Å². The van der Waals surface area contributed by atoms with Gasteiger partial charge in [-0.3, -0.25) is 9.69 Å². The van der Waals surface area contributed by atoms with Gasteiger partial charge >= 0.3 is 0 Å². The monoisotopic (exact) mass is 394 g/mol. The third-order valence-electron chi connectivity index (χ3n) is 5.30. The Kier molecular flexibility index (Phi) is 4.72. The molecular formula is C17H22N4O3S2. The fourth-order valence-electron chi connectivity index (χ4n) is 4.31. The van der Waals surface area contributed by atoms with E-state index in [1.54, 1.807) is 23.5 Å². The number of nitrogens with one attached hydrogen (secondary N) is 1. The molecule has 3 atom stereocenters. The van der Waals surface area contributed by atoms with Crippen molar-refractivity contribution in [2.45, 2.75) is 24.9 Å². The number of hydrogen-bond donors (Lipinski definition) is 1. The Morgan fingerprint density at radius 1 is 1.35 bits per heavy atom. The minimum atomic E-state index is -3.31. The van der Waals surface area contributed by atoms with Gasteiger partial charge in [0.1, 0.15) is 0 Å². The quantitative estimate of drug-likeness (QED) is 0.818. The fourth-order valence-corrected chi connectivity index (χ4v) is 5.33. The van der Waals surface area contributed by atoms with Crippen LogP contribution in [0.3, 0.4) is 0 Å². The Bertz CT molecular complexity index is 939. The first-order chi connectivity index (χ1) is 12.4. The summed E-state index contributed by atoms with van der Waals surface area (Å²) in [5.74, 6) is 0.519. The second-order valence-electron chi connectivity index (χ2n) is 7.21. The van der Waals surface area contributed by atoms with Crippen molar-refractivity contribution in [3.05, 3.63) is 50.8 Å². The number of hydrogen-bond acceptors (Lipinski definition) is 6. The minimum absolute atomic E-state index is 0.0505. The summed E-state index contributed by atoms with van der Waals surface area (Å²) in [5, 5.41) is 2.06. The van der Waals surface area contributed by atoms with E-state index in [4.69, 9.17) is 0 Å². The molecule has 7 nitrogen and oxygen atoms in total. The first kappa shape index (κ1) is 17.8. The van der Waals surface area contributed by atoms with E-state index in [1.807, 2.05) is 16.1 Å². The maximum absolute atomic E-state index is 12.5. The average molecular weight is 395 g/mol. The molecule has 0 aliphatic carbocycles. The maximum atomic E-state index is 12.5. The van der Waals surface area contributed by atoms with Crippen LogP contribution < -0.4 is 10.3 Å². The molecule has 1 fully saturated rings. The molecule has 0 radical (unpaired) electrons. The van der Waals surface area contributed by atoms with Gasteiger partial charge in [-0.15, -0.1) is 11.3 Å². The van der Waals surface area contributed by atoms with Crippen LogP contribution in [0, 0.1) is 5.92 Å². The van der Waals surface area contributed by atoms with Gasteiger partial charge in [-0.25, -0.2) is 18.1 Å². The standard InChI is InChI=1S/C17H22N4O3S2/c1-26(23,24)19-6-16-13-5-12(15-3-2-4-17(22)21(15)16)7-20(8-13)9-14-10-25-11-18-14/h2-4,10-13,16,19H,5-9H2,1H3/t12-,13+,16+/m1/s1. The molecule has 0 spiro atoms. The van der Waals surface area contributed by atoms with Crippen molar-refractivity contribution in [2.75, 3.05) is 25.9 Å². The van der Waals surface area contributed by atoms with E-state index in [0.717, 1.165) is 43.7 Å². The number of likely N-dealkylation sites (tertiary alicyclic amines) is 1. The van der Waals surface area contributed by atoms with E-state index in [1.165, 1.54) is 0 Å². The van der Waals surface area contributed by atoms with Crippen LogP contribution in [-0.4, -0.2) is 48.8 Å². The van der Waals surface area contributed by atoms with Gasteiger partial charge in [-0.1, -0.05) is 6.07 Å². The molecular weight excluding hydrogens is 372 g/mol. The minimum Gasteiger partial charge on any atom is -0.308 e. The maximum Gasteiger partial charge on any atom is 0.251 e. The number of aromatic nitrogens is 2. The third-order valence-corrected chi connectivity index (χ3v) is 6.62. The molecule has 2 aromatic rings. The molecule has 2 aliphatic rings. The van der Waals surface area contributed by atoms with Crippen LogP contribution in [-0.2, 0) is 16.6 Å². The average Bonchev–Trinajstić information content (AvgIpc) is 3.07. The summed E-state index contributed by atoms with van der Waals surface area (Å²) < 4.78 is 27.6. The summed E-state index contributed by atoms with van der Waals surface area (Å²) in [6.45, 7) is 2.77. The Labute approximate surface area is 156 Å². The molecule has 4 heterocycles. The topological polar surface area (TPSA) is 84.3 Å². The van der Waals surface area contributed by atoms with Crippen LogP contribution in [0.1, 0.15) is 29.8 Å². The molecule has 2 aliphatic heterocycles. The number of pyridine rings is 1. The number of sulfonamides is 1. The van der Waals surface area contributed by atoms with Gasteiger partial charge in [0, 0.05) is 49.2 Å². The predicted molar refractivity (Wildman–Crippen MR) is 101 cm³/mol. The number of piperidine rings is 1. The lowest BCUT2D eigenvalue weighted by Crippen LogP contribution is -2.51. The van der Waals surface area contributed by atoms with Crippen molar-refractivity contribution in [1.82, 2.24) is 19.2 Å². The summed E-state index contributed by atoms with van der Waals surface area (Å²) in [6.07, 6.45) is 2.13. The van der Waals surface area contributed by atoms with Gasteiger partial charge in [0.15, 0.2) is 0 Å². The van der Waals surface area contributed by atoms with Gasteiger partial charge in [0.05, 0.1) is 23.5 Å². The molecule has 0 unspecified atom stereocenters. The fraction of sp³-hybridized carbons (Fsp3) is 0.529. The molecule has 2 bridgehead atoms. The highest BCUT2D eigenvalue weighted by Crippen LogP contribution is 2.41. The molecule has 0 saturated carbocycles. The van der Waals surface area contributed by atoms with E-state index in [0.29, 0.717) is 0 Å². The molecule has 4 rings (SSSR count). The molecule has 2 aromatic heterocycles. The Morgan fingerprint density at radius 2 is 2.19 bits per heavy atom. The number of nitrogens with zero attached hydrogens (tertiary/aromatic N) is 3. The molecule has 1 N–H and O–H groups in total. The lowest BCUT2D eigenvalue weighted by atomic mass is 9.78. The van der Waals surface area contributed by atoms with E-state index in [-0.39, 0.29) is 30.0 Å². The Morgan fingerprint density at radius 3 is 2.92 bits per heavy atom. The smallest absolute Gasteiger partial charge is 0.251 e. The van der Waals surface area contributed by atoms with Crippen molar-refractivity contribution in [2.24, 2.45) is 5.92 Å². The molecule has 26 heavy (non-hydrogen) atoms. The summed E-state index contributed by atoms with van der Waals surface area (Å²) in [6, 6.07) is 5.20. The molecule has 9 heteroatoms. The van der Waals surface area contributed by atoms with Crippen LogP contribution in [0.4, 0.5) is 0 Å². The summed E-state index contributed by atoms with van der Waals surface area (Å²) in [7, 11) is -3.31. The van der Waals surface area contributed by atoms with Crippen molar-refractivity contribution in [1.29, 1.82) is 0 Å². The predicted octanol–water partition coefficient (Wildman–Crippen LogP) is 1.01. The van der Waals surface area contributed by atoms with Crippen LogP contribution in [0.25, 0.3) is 0 Å². The van der Waals surface area contributed by atoms with Crippen LogP contribution in [0.5, 0.6) is 0 Å². The number of fused-ring (bicyclic) bond motifs is 4. The molecule has 1 saturated heterocycles. The van der Waals surface area contributed by atoms with E-state index >= 15 is 0 Å². The number of rotatable bonds is 5. The van der Waals surface area contributed by atoms with Gasteiger partial charge in [0.2, 0.25) is 10.0 Å². The third kappa shape index (κ3) is 3.62. The molecule has 140 valence electrons. The molecule has 0 aromatic carbocycles. The lowest BCUT2D eigenvalue weighted by Gasteiger charge is -2.47. The summed E-state index contributed by atoms with van der Waals surface area (Å²) in [4.78, 5) is 19.3.